The topological polar surface area (TPSA) is 183 Å². The number of fused-ring (bicyclic) bond motifs is 1. The number of ether oxygens (including phenoxy) is 7. The quantitative estimate of drug-likeness (QED) is 0.165. The average Bonchev–Trinajstić information content (AvgIpc) is 3.58. The lowest BCUT2D eigenvalue weighted by Gasteiger charge is -2.41. The number of methoxy groups -OCH3 is 3. The summed E-state index contributed by atoms with van der Waals surface area (Å²) >= 11 is 0. The molecular weight excluding hydrogens is 676 g/mol. The number of esters is 1. The van der Waals surface area contributed by atoms with Crippen LogP contribution in [0, 0.1) is 5.92 Å². The van der Waals surface area contributed by atoms with Gasteiger partial charge in [-0.3, -0.25) is 0 Å². The number of aryl methyl sites for hydroxylation is 1. The van der Waals surface area contributed by atoms with E-state index in [0.717, 1.165) is 30.2 Å². The highest BCUT2D eigenvalue weighted by molar-refractivity contribution is 5.90. The van der Waals surface area contributed by atoms with Gasteiger partial charge in [0.05, 0.1) is 33.0 Å². The minimum atomic E-state index is -1.40. The number of carbonyl (C=O) groups is 1. The summed E-state index contributed by atoms with van der Waals surface area (Å²) in [5, 5.41) is 47.6. The molecule has 2 fully saturated rings. The van der Waals surface area contributed by atoms with Gasteiger partial charge in [-0.05, 0) is 60.4 Å². The molecule has 52 heavy (non-hydrogen) atoms. The highest BCUT2D eigenvalue weighted by Gasteiger charge is 2.44. The van der Waals surface area contributed by atoms with Gasteiger partial charge in [-0.15, -0.1) is 0 Å². The molecule has 6 atom stereocenters. The molecule has 2 heterocycles. The molecule has 3 aromatic rings. The van der Waals surface area contributed by atoms with Crippen molar-refractivity contribution >= 4 is 5.97 Å². The summed E-state index contributed by atoms with van der Waals surface area (Å²) in [5.41, 5.74) is 3.06. The maximum absolute atomic E-state index is 12.7. The van der Waals surface area contributed by atoms with Crippen molar-refractivity contribution in [2.45, 2.75) is 82.6 Å². The third-order valence-electron chi connectivity index (χ3n) is 9.36. The summed E-state index contributed by atoms with van der Waals surface area (Å²) in [6.07, 6.45) is 2.94. The van der Waals surface area contributed by atoms with E-state index in [9.17, 15) is 25.2 Å². The summed E-state index contributed by atoms with van der Waals surface area (Å²) in [7, 11) is 5.45. The van der Waals surface area contributed by atoms with Gasteiger partial charge in [-0.1, -0.05) is 44.7 Å². The fourth-order valence-electron chi connectivity index (χ4n) is 5.92. The van der Waals surface area contributed by atoms with Crippen molar-refractivity contribution < 1.29 is 63.5 Å². The number of phenolic OH excluding ortho intramolecular Hbond substituents is 1. The zero-order valence-corrected chi connectivity index (χ0v) is 30.4. The van der Waals surface area contributed by atoms with Crippen LogP contribution >= 0.6 is 0 Å². The van der Waals surface area contributed by atoms with Crippen LogP contribution in [0.3, 0.4) is 0 Å². The smallest absolute Gasteiger partial charge is 0.338 e. The van der Waals surface area contributed by atoms with Crippen molar-refractivity contribution in [3.8, 4) is 34.5 Å². The number of benzene rings is 3. The van der Waals surface area contributed by atoms with E-state index in [0.29, 0.717) is 30.1 Å². The molecule has 1 saturated carbocycles. The molecule has 6 rings (SSSR count). The SMILES string of the molecule is C1CCC1.CO.COc1cc(C(=O)OCC2OC(Oc3ccc(C4Cc5cc(CCCO)cc(OC)c5O4)cc3OC)C(O)C(O)C2C)ccc1O. The molecular formula is C39H52O13. The number of hydrogen-bond acceptors (Lipinski definition) is 13. The molecule has 13 heteroatoms. The Balaban J connectivity index is 0.000000928. The second-order valence-corrected chi connectivity index (χ2v) is 12.7. The monoisotopic (exact) mass is 728 g/mol. The number of phenols is 1. The van der Waals surface area contributed by atoms with Gasteiger partial charge in [-0.25, -0.2) is 4.79 Å². The molecule has 0 bridgehead atoms. The van der Waals surface area contributed by atoms with E-state index >= 15 is 0 Å². The molecule has 5 N–H and O–H groups in total. The Morgan fingerprint density at radius 3 is 2.17 bits per heavy atom. The Bertz CT molecular complexity index is 1590. The van der Waals surface area contributed by atoms with Crippen LogP contribution in [0.4, 0.5) is 0 Å². The lowest BCUT2D eigenvalue weighted by atomic mass is 9.91. The first-order chi connectivity index (χ1) is 25.2. The van der Waals surface area contributed by atoms with Gasteiger partial charge >= 0.3 is 5.97 Å². The van der Waals surface area contributed by atoms with Crippen molar-refractivity contribution in [3.63, 3.8) is 0 Å². The van der Waals surface area contributed by atoms with E-state index in [1.807, 2.05) is 12.1 Å². The predicted octanol–water partition coefficient (Wildman–Crippen LogP) is 4.51. The summed E-state index contributed by atoms with van der Waals surface area (Å²) in [5.74, 6) is 0.675. The van der Waals surface area contributed by atoms with Crippen LogP contribution in [0.1, 0.15) is 72.2 Å². The maximum atomic E-state index is 12.7. The van der Waals surface area contributed by atoms with Crippen LogP contribution in [0.2, 0.25) is 0 Å². The van der Waals surface area contributed by atoms with Crippen LogP contribution in [0.25, 0.3) is 0 Å². The highest BCUT2D eigenvalue weighted by atomic mass is 16.7. The van der Waals surface area contributed by atoms with Gasteiger partial charge in [0.25, 0.3) is 0 Å². The van der Waals surface area contributed by atoms with Crippen molar-refractivity contribution in [1.29, 1.82) is 0 Å². The van der Waals surface area contributed by atoms with Gasteiger partial charge in [-0.2, -0.15) is 0 Å². The van der Waals surface area contributed by atoms with E-state index in [1.54, 1.807) is 26.2 Å². The zero-order valence-electron chi connectivity index (χ0n) is 30.4. The number of aliphatic hydroxyl groups excluding tert-OH is 4. The minimum Gasteiger partial charge on any atom is -0.504 e. The van der Waals surface area contributed by atoms with Crippen LogP contribution in [0.15, 0.2) is 48.5 Å². The Kier molecular flexibility index (Phi) is 15.2. The maximum Gasteiger partial charge on any atom is 0.338 e. The third-order valence-corrected chi connectivity index (χ3v) is 9.36. The van der Waals surface area contributed by atoms with Crippen molar-refractivity contribution in [3.05, 3.63) is 70.8 Å². The van der Waals surface area contributed by atoms with Crippen LogP contribution in [-0.4, -0.2) is 97.8 Å². The molecule has 6 unspecified atom stereocenters. The number of aliphatic hydroxyl groups is 4. The minimum absolute atomic E-state index is 0.110. The van der Waals surface area contributed by atoms with Gasteiger partial charge in [0.2, 0.25) is 6.29 Å². The van der Waals surface area contributed by atoms with Gasteiger partial charge in [0, 0.05) is 31.6 Å². The number of hydrogen-bond donors (Lipinski definition) is 5. The number of rotatable bonds is 12. The fourth-order valence-corrected chi connectivity index (χ4v) is 5.92. The fraction of sp³-hybridized carbons (Fsp3) is 0.513. The third kappa shape index (κ3) is 9.78. The first kappa shape index (κ1) is 40.5. The van der Waals surface area contributed by atoms with E-state index < -0.39 is 36.5 Å². The Hall–Kier alpha value is -4.27. The molecule has 286 valence electrons. The predicted molar refractivity (Wildman–Crippen MR) is 190 cm³/mol. The number of carbonyl (C=O) groups excluding carboxylic acids is 1. The molecule has 0 aromatic heterocycles. The Labute approximate surface area is 304 Å². The van der Waals surface area contributed by atoms with Crippen molar-refractivity contribution in [2.24, 2.45) is 5.92 Å². The summed E-state index contributed by atoms with van der Waals surface area (Å²) in [6, 6.07) is 13.4. The molecule has 0 spiro atoms. The van der Waals surface area contributed by atoms with E-state index in [2.05, 4.69) is 6.07 Å². The Morgan fingerprint density at radius 2 is 1.54 bits per heavy atom. The molecule has 1 aliphatic carbocycles. The second kappa shape index (κ2) is 19.5. The Morgan fingerprint density at radius 1 is 0.846 bits per heavy atom. The first-order valence-corrected chi connectivity index (χ1v) is 17.5. The average molecular weight is 729 g/mol. The molecule has 0 radical (unpaired) electrons. The van der Waals surface area contributed by atoms with Crippen LogP contribution < -0.4 is 23.7 Å². The van der Waals surface area contributed by atoms with E-state index in [1.165, 1.54) is 58.1 Å². The summed E-state index contributed by atoms with van der Waals surface area (Å²) in [6.45, 7) is 1.55. The van der Waals surface area contributed by atoms with Gasteiger partial charge in [0.1, 0.15) is 24.9 Å². The normalized spacial score (nSPS) is 22.9. The van der Waals surface area contributed by atoms with Crippen molar-refractivity contribution in [2.75, 3.05) is 41.7 Å². The summed E-state index contributed by atoms with van der Waals surface area (Å²) in [4.78, 5) is 12.7. The number of aromatic hydroxyl groups is 1. The molecule has 3 aliphatic rings. The molecule has 3 aromatic carbocycles. The molecule has 13 nitrogen and oxygen atoms in total. The van der Waals surface area contributed by atoms with Crippen molar-refractivity contribution in [1.82, 2.24) is 0 Å². The summed E-state index contributed by atoms with van der Waals surface area (Å²) < 4.78 is 40.0. The van der Waals surface area contributed by atoms with Gasteiger partial charge in [0.15, 0.2) is 34.5 Å². The molecule has 1 saturated heterocycles. The molecule has 0 amide bonds. The zero-order chi connectivity index (χ0) is 37.8. The largest absolute Gasteiger partial charge is 0.504 e. The van der Waals surface area contributed by atoms with E-state index in [4.69, 9.17) is 38.3 Å². The van der Waals surface area contributed by atoms with Gasteiger partial charge < -0.3 is 58.7 Å². The lowest BCUT2D eigenvalue weighted by molar-refractivity contribution is -0.261. The van der Waals surface area contributed by atoms with Crippen LogP contribution in [0.5, 0.6) is 34.5 Å². The second-order valence-electron chi connectivity index (χ2n) is 12.7. The molecule has 2 aliphatic heterocycles. The van der Waals surface area contributed by atoms with E-state index in [-0.39, 0.29) is 42.1 Å². The highest BCUT2D eigenvalue weighted by Crippen LogP contribution is 2.45. The van der Waals surface area contributed by atoms with Crippen LogP contribution in [-0.2, 0) is 22.3 Å². The standard InChI is InChI=1S/C34H40O12.C4H8.CH4O/c1-18-29(17-43-33(39)21-7-9-23(36)26(15-21)40-2)46-34(31(38)30(18)37)45-24-10-8-20(14-27(24)41-3)25-16-22-12-19(6-5-11-35)13-28(42-4)32(22)44-25;1-2-4-3-1;1-2/h7-10,12-15,18,25,29-31,34-38H,5-6,11,16-17H2,1-4H3;1-4H2;2H,1H3. The first-order valence-electron chi connectivity index (χ1n) is 17.5. The lowest BCUT2D eigenvalue weighted by Crippen LogP contribution is -2.56.